The van der Waals surface area contributed by atoms with Crippen LogP contribution in [-0.4, -0.2) is 22.8 Å². The Morgan fingerprint density at radius 2 is 1.70 bits per heavy atom. The number of hydrogen-bond donors (Lipinski definition) is 2. The van der Waals surface area contributed by atoms with E-state index in [2.05, 4.69) is 15.0 Å². The van der Waals surface area contributed by atoms with Crippen LogP contribution in [0, 0.1) is 20.8 Å². The van der Waals surface area contributed by atoms with Crippen molar-refractivity contribution < 1.29 is 14.5 Å². The highest BCUT2D eigenvalue weighted by Crippen LogP contribution is 2.25. The minimum atomic E-state index is -1.81. The van der Waals surface area contributed by atoms with Crippen LogP contribution in [0.15, 0.2) is 12.1 Å². The summed E-state index contributed by atoms with van der Waals surface area (Å²) in [7, 11) is 1.23. The molecule has 2 N–H and O–H groups in total. The minimum Gasteiger partial charge on any atom is -0.435 e. The van der Waals surface area contributed by atoms with Crippen molar-refractivity contribution in [1.29, 1.82) is 0 Å². The predicted octanol–water partition coefficient (Wildman–Crippen LogP) is 2.45. The van der Waals surface area contributed by atoms with Gasteiger partial charge in [0.15, 0.2) is 0 Å². The Balaban J connectivity index is 3.30. The van der Waals surface area contributed by atoms with E-state index in [1.807, 2.05) is 32.9 Å². The van der Waals surface area contributed by atoms with E-state index in [9.17, 15) is 4.79 Å². The third-order valence-electron chi connectivity index (χ3n) is 2.62. The average molecular weight is 339 g/mol. The Hall–Kier alpha value is -0.970. The molecule has 0 heterocycles. The van der Waals surface area contributed by atoms with E-state index in [4.69, 9.17) is 34.8 Å². The van der Waals surface area contributed by atoms with Crippen molar-refractivity contribution in [3.63, 3.8) is 0 Å². The third-order valence-corrected chi connectivity index (χ3v) is 3.19. The highest BCUT2D eigenvalue weighted by atomic mass is 35.6. The molecular formula is C13H16Cl3N2O2+. The highest BCUT2D eigenvalue weighted by Gasteiger charge is 2.37. The Morgan fingerprint density at radius 1 is 1.20 bits per heavy atom. The molecule has 0 aliphatic rings. The Morgan fingerprint density at radius 3 is 2.10 bits per heavy atom. The van der Waals surface area contributed by atoms with E-state index < -0.39 is 9.89 Å². The summed E-state index contributed by atoms with van der Waals surface area (Å²) in [6.45, 7) is 5.85. The Labute approximate surface area is 133 Å². The van der Waals surface area contributed by atoms with Gasteiger partial charge in [0.2, 0.25) is 0 Å². The summed E-state index contributed by atoms with van der Waals surface area (Å²) < 4.78 is 2.70. The van der Waals surface area contributed by atoms with Gasteiger partial charge in [-0.15, -0.1) is 0 Å². The van der Waals surface area contributed by atoms with Crippen molar-refractivity contribution >= 4 is 52.4 Å². The lowest BCUT2D eigenvalue weighted by Crippen LogP contribution is -2.75. The lowest BCUT2D eigenvalue weighted by atomic mass is 10.1. The number of alkyl halides is 3. The van der Waals surface area contributed by atoms with E-state index >= 15 is 0 Å². The number of rotatable bonds is 1. The molecule has 0 aliphatic heterocycles. The second-order valence-electron chi connectivity index (χ2n) is 4.39. The summed E-state index contributed by atoms with van der Waals surface area (Å²) in [5.41, 5.74) is 3.84. The predicted molar refractivity (Wildman–Crippen MR) is 82.1 cm³/mol. The molecule has 0 aliphatic carbocycles. The van der Waals surface area contributed by atoms with Gasteiger partial charge in [0.05, 0.1) is 7.11 Å². The maximum absolute atomic E-state index is 11.3. The monoisotopic (exact) mass is 337 g/mol. The molecule has 0 atom stereocenters. The summed E-state index contributed by atoms with van der Waals surface area (Å²) in [4.78, 5) is 14.3. The second kappa shape index (κ2) is 6.66. The van der Waals surface area contributed by atoms with E-state index in [0.717, 1.165) is 22.4 Å². The molecular weight excluding hydrogens is 323 g/mol. The molecule has 1 aromatic carbocycles. The van der Waals surface area contributed by atoms with Crippen LogP contribution in [0.25, 0.3) is 0 Å². The molecule has 0 spiro atoms. The number of methoxy groups -OCH3 is 1. The molecule has 0 unspecified atom stereocenters. The summed E-state index contributed by atoms with van der Waals surface area (Å²) >= 11 is 17.5. The topological polar surface area (TPSA) is 52.3 Å². The van der Waals surface area contributed by atoms with Gasteiger partial charge < -0.3 is 4.74 Å². The first kappa shape index (κ1) is 17.1. The SMILES string of the molecule is COC(=O)NC(=[NH+]c1c(C)cc(C)cc1C)C(Cl)(Cl)Cl. The zero-order valence-corrected chi connectivity index (χ0v) is 13.9. The molecule has 0 fully saturated rings. The van der Waals surface area contributed by atoms with E-state index in [0.29, 0.717) is 0 Å². The number of ether oxygens (including phenoxy) is 1. The standard InChI is InChI=1S/C13H15Cl3N2O2/c1-7-5-8(2)10(9(3)6-7)17-11(13(14,15)16)18-12(19)20-4/h5-6H,1-4H3,(H,17,18,19)/p+1. The molecule has 0 bridgehead atoms. The molecule has 110 valence electrons. The fraction of sp³-hybridized carbons (Fsp3) is 0.385. The number of carbonyl (C=O) groups is 1. The van der Waals surface area contributed by atoms with Gasteiger partial charge in [-0.25, -0.2) is 4.99 Å². The summed E-state index contributed by atoms with van der Waals surface area (Å²) in [6, 6.07) is 3.98. The third kappa shape index (κ3) is 4.54. The first-order valence-corrected chi connectivity index (χ1v) is 6.92. The van der Waals surface area contributed by atoms with Gasteiger partial charge in [0, 0.05) is 0 Å². The molecule has 20 heavy (non-hydrogen) atoms. The van der Waals surface area contributed by atoms with E-state index in [1.165, 1.54) is 7.11 Å². The average Bonchev–Trinajstić information content (AvgIpc) is 2.30. The minimum absolute atomic E-state index is 0.0180. The van der Waals surface area contributed by atoms with Crippen molar-refractivity contribution in [3.8, 4) is 0 Å². The van der Waals surface area contributed by atoms with Crippen LogP contribution in [-0.2, 0) is 4.74 Å². The first-order valence-electron chi connectivity index (χ1n) is 5.79. The molecule has 0 aromatic heterocycles. The van der Waals surface area contributed by atoms with Crippen molar-refractivity contribution in [1.82, 2.24) is 5.32 Å². The largest absolute Gasteiger partial charge is 0.504 e. The molecule has 7 heteroatoms. The van der Waals surface area contributed by atoms with Gasteiger partial charge in [0.25, 0.3) is 3.79 Å². The molecule has 1 aromatic rings. The molecule has 1 rings (SSSR count). The molecule has 0 radical (unpaired) electrons. The number of nitrogens with one attached hydrogen (secondary N) is 2. The number of aryl methyl sites for hydroxylation is 3. The second-order valence-corrected chi connectivity index (χ2v) is 6.67. The fourth-order valence-corrected chi connectivity index (χ4v) is 2.11. The van der Waals surface area contributed by atoms with Gasteiger partial charge in [-0.2, -0.15) is 10.1 Å². The number of benzene rings is 1. The van der Waals surface area contributed by atoms with Crippen molar-refractivity contribution in [2.45, 2.75) is 24.6 Å². The van der Waals surface area contributed by atoms with Crippen LogP contribution >= 0.6 is 34.8 Å². The van der Waals surface area contributed by atoms with Crippen LogP contribution < -0.4 is 10.3 Å². The molecule has 0 saturated carbocycles. The summed E-state index contributed by atoms with van der Waals surface area (Å²) in [6.07, 6.45) is -0.721. The Kier molecular flexibility index (Phi) is 5.68. The maximum atomic E-state index is 11.3. The van der Waals surface area contributed by atoms with Crippen LogP contribution in [0.3, 0.4) is 0 Å². The molecule has 4 nitrogen and oxygen atoms in total. The van der Waals surface area contributed by atoms with Gasteiger partial charge in [-0.3, -0.25) is 0 Å². The summed E-state index contributed by atoms with van der Waals surface area (Å²) in [5, 5.41) is 2.37. The van der Waals surface area contributed by atoms with Crippen molar-refractivity contribution in [2.24, 2.45) is 0 Å². The number of hydrogen-bond acceptors (Lipinski definition) is 2. The molecule has 0 saturated heterocycles. The number of alkyl carbamates (subject to hydrolysis) is 1. The highest BCUT2D eigenvalue weighted by molar-refractivity contribution is 6.76. The first-order chi connectivity index (χ1) is 9.15. The van der Waals surface area contributed by atoms with Crippen LogP contribution in [0.5, 0.6) is 0 Å². The zero-order valence-electron chi connectivity index (χ0n) is 11.6. The number of amides is 1. The van der Waals surface area contributed by atoms with E-state index in [1.54, 1.807) is 0 Å². The lowest BCUT2D eigenvalue weighted by molar-refractivity contribution is -0.358. The summed E-state index contributed by atoms with van der Waals surface area (Å²) in [5.74, 6) is 0.0180. The lowest BCUT2D eigenvalue weighted by Gasteiger charge is -2.11. The van der Waals surface area contributed by atoms with Gasteiger partial charge in [-0.1, -0.05) is 52.5 Å². The van der Waals surface area contributed by atoms with Crippen LogP contribution in [0.4, 0.5) is 10.5 Å². The van der Waals surface area contributed by atoms with Crippen LogP contribution in [0.1, 0.15) is 16.7 Å². The van der Waals surface area contributed by atoms with Crippen molar-refractivity contribution in [3.05, 3.63) is 28.8 Å². The van der Waals surface area contributed by atoms with E-state index in [-0.39, 0.29) is 5.84 Å². The van der Waals surface area contributed by atoms with Crippen LogP contribution in [0.2, 0.25) is 0 Å². The van der Waals surface area contributed by atoms with Gasteiger partial charge in [-0.05, 0) is 31.9 Å². The number of amidine groups is 1. The molecule has 1 amide bonds. The van der Waals surface area contributed by atoms with Gasteiger partial charge in [0.1, 0.15) is 5.69 Å². The number of halogens is 3. The van der Waals surface area contributed by atoms with Gasteiger partial charge >= 0.3 is 11.9 Å². The van der Waals surface area contributed by atoms with Crippen molar-refractivity contribution in [2.75, 3.05) is 7.11 Å². The quantitative estimate of drug-likeness (QED) is 0.469. The zero-order chi connectivity index (χ0) is 15.5. The normalized spacial score (nSPS) is 12.2. The fourth-order valence-electron chi connectivity index (χ4n) is 1.83. The number of carbonyl (C=O) groups excluding carboxylic acids is 1. The Bertz CT molecular complexity index is 528. The smallest absolute Gasteiger partial charge is 0.435 e. The maximum Gasteiger partial charge on any atom is 0.504 e.